The van der Waals surface area contributed by atoms with Crippen molar-refractivity contribution in [3.63, 3.8) is 0 Å². The topological polar surface area (TPSA) is 107 Å². The standard InChI is InChI=1S/C31H31N3O6S/c1-23-9-11-25(12-10-23)22-40-26-15-13-24(14-16-26)20-32-33-31(35)21-34(41(36,37)28-7-5-4-6-8-28)29-18-17-27(38-2)19-30(29)39-3/h4-20H,21-22H2,1-3H3,(H,33,35)/b32-20+. The minimum atomic E-state index is -4.13. The molecule has 4 aromatic carbocycles. The number of hydrogen-bond donors (Lipinski definition) is 1. The Kier molecular flexibility index (Phi) is 9.60. The van der Waals surface area contributed by atoms with Crippen molar-refractivity contribution in [1.29, 1.82) is 0 Å². The van der Waals surface area contributed by atoms with Gasteiger partial charge in [0.25, 0.3) is 15.9 Å². The zero-order valence-electron chi connectivity index (χ0n) is 23.0. The average Bonchev–Trinajstić information content (AvgIpc) is 3.00. The van der Waals surface area contributed by atoms with Gasteiger partial charge < -0.3 is 14.2 Å². The fourth-order valence-electron chi connectivity index (χ4n) is 3.86. The molecule has 1 N–H and O–H groups in total. The zero-order chi connectivity index (χ0) is 29.2. The van der Waals surface area contributed by atoms with Gasteiger partial charge in [0.2, 0.25) is 0 Å². The van der Waals surface area contributed by atoms with Crippen molar-refractivity contribution in [1.82, 2.24) is 5.43 Å². The third-order valence-electron chi connectivity index (χ3n) is 6.08. The summed E-state index contributed by atoms with van der Waals surface area (Å²) in [6.07, 6.45) is 1.46. The predicted molar refractivity (Wildman–Crippen MR) is 158 cm³/mol. The maximum atomic E-state index is 13.6. The number of sulfonamides is 1. The van der Waals surface area contributed by atoms with Crippen LogP contribution in [0.5, 0.6) is 17.2 Å². The number of nitrogens with one attached hydrogen (secondary N) is 1. The van der Waals surface area contributed by atoms with Crippen LogP contribution in [-0.4, -0.2) is 41.3 Å². The Morgan fingerprint density at radius 3 is 2.22 bits per heavy atom. The smallest absolute Gasteiger partial charge is 0.264 e. The molecule has 0 aromatic heterocycles. The van der Waals surface area contributed by atoms with E-state index < -0.39 is 22.5 Å². The van der Waals surface area contributed by atoms with Crippen LogP contribution in [0.15, 0.2) is 107 Å². The lowest BCUT2D eigenvalue weighted by Crippen LogP contribution is -2.39. The fraction of sp³-hybridized carbons (Fsp3) is 0.161. The van der Waals surface area contributed by atoms with Crippen LogP contribution >= 0.6 is 0 Å². The van der Waals surface area contributed by atoms with Crippen LogP contribution in [0.4, 0.5) is 5.69 Å². The number of nitrogens with zero attached hydrogens (tertiary/aromatic N) is 2. The van der Waals surface area contributed by atoms with Crippen molar-refractivity contribution in [2.45, 2.75) is 18.4 Å². The minimum Gasteiger partial charge on any atom is -0.497 e. The van der Waals surface area contributed by atoms with Gasteiger partial charge in [-0.15, -0.1) is 0 Å². The van der Waals surface area contributed by atoms with Crippen LogP contribution in [0.25, 0.3) is 0 Å². The Bertz CT molecular complexity index is 1590. The normalized spacial score (nSPS) is 11.2. The molecule has 41 heavy (non-hydrogen) atoms. The third kappa shape index (κ3) is 7.64. The first-order chi connectivity index (χ1) is 19.8. The molecule has 0 saturated heterocycles. The molecule has 1 amide bonds. The van der Waals surface area contributed by atoms with Gasteiger partial charge >= 0.3 is 0 Å². The first-order valence-electron chi connectivity index (χ1n) is 12.7. The molecule has 0 aliphatic heterocycles. The van der Waals surface area contributed by atoms with Crippen molar-refractivity contribution < 1.29 is 27.4 Å². The van der Waals surface area contributed by atoms with Gasteiger partial charge in [-0.3, -0.25) is 9.10 Å². The minimum absolute atomic E-state index is 0.0267. The number of hydrazone groups is 1. The molecular formula is C31H31N3O6S. The Balaban J connectivity index is 1.45. The summed E-state index contributed by atoms with van der Waals surface area (Å²) in [5.41, 5.74) is 5.57. The largest absolute Gasteiger partial charge is 0.497 e. The van der Waals surface area contributed by atoms with Crippen molar-refractivity contribution in [3.8, 4) is 17.2 Å². The number of rotatable bonds is 12. The highest BCUT2D eigenvalue weighted by Gasteiger charge is 2.29. The van der Waals surface area contributed by atoms with Gasteiger partial charge in [-0.1, -0.05) is 48.0 Å². The number of anilines is 1. The molecule has 0 heterocycles. The van der Waals surface area contributed by atoms with E-state index in [1.54, 1.807) is 42.5 Å². The molecule has 0 saturated carbocycles. The average molecular weight is 574 g/mol. The third-order valence-corrected chi connectivity index (χ3v) is 7.86. The molecular weight excluding hydrogens is 542 g/mol. The SMILES string of the molecule is COc1ccc(N(CC(=O)N/N=C/c2ccc(OCc3ccc(C)cc3)cc2)S(=O)(=O)c2ccccc2)c(OC)c1. The molecule has 0 aliphatic carbocycles. The van der Waals surface area contributed by atoms with Crippen LogP contribution in [-0.2, 0) is 21.4 Å². The van der Waals surface area contributed by atoms with Crippen molar-refractivity contribution in [3.05, 3.63) is 114 Å². The summed E-state index contributed by atoms with van der Waals surface area (Å²) < 4.78 is 44.6. The van der Waals surface area contributed by atoms with Crippen molar-refractivity contribution >= 4 is 27.8 Å². The Morgan fingerprint density at radius 1 is 0.878 bits per heavy atom. The summed E-state index contributed by atoms with van der Waals surface area (Å²) in [6, 6.07) is 27.9. The number of benzene rings is 4. The Labute approximate surface area is 240 Å². The lowest BCUT2D eigenvalue weighted by atomic mass is 10.2. The molecule has 0 radical (unpaired) electrons. The van der Waals surface area contributed by atoms with E-state index in [-0.39, 0.29) is 16.3 Å². The number of amides is 1. The van der Waals surface area contributed by atoms with E-state index in [0.717, 1.165) is 15.4 Å². The molecule has 0 unspecified atom stereocenters. The number of carbonyl (C=O) groups excluding carboxylic acids is 1. The summed E-state index contributed by atoms with van der Waals surface area (Å²) in [5, 5.41) is 4.01. The quantitative estimate of drug-likeness (QED) is 0.190. The number of hydrogen-bond acceptors (Lipinski definition) is 7. The second-order valence-corrected chi connectivity index (χ2v) is 10.9. The highest BCUT2D eigenvalue weighted by Crippen LogP contribution is 2.35. The summed E-state index contributed by atoms with van der Waals surface area (Å²) >= 11 is 0. The maximum Gasteiger partial charge on any atom is 0.264 e. The van der Waals surface area contributed by atoms with E-state index in [0.29, 0.717) is 18.1 Å². The second-order valence-electron chi connectivity index (χ2n) is 9.00. The summed E-state index contributed by atoms with van der Waals surface area (Å²) in [6.45, 7) is 1.95. The molecule has 212 valence electrons. The molecule has 9 nitrogen and oxygen atoms in total. The van der Waals surface area contributed by atoms with Crippen molar-refractivity contribution in [2.75, 3.05) is 25.1 Å². The number of methoxy groups -OCH3 is 2. The molecule has 0 spiro atoms. The van der Waals surface area contributed by atoms with E-state index in [4.69, 9.17) is 14.2 Å². The maximum absolute atomic E-state index is 13.6. The van der Waals surface area contributed by atoms with Crippen LogP contribution in [0.3, 0.4) is 0 Å². The summed E-state index contributed by atoms with van der Waals surface area (Å²) in [7, 11) is -1.22. The fourth-order valence-corrected chi connectivity index (χ4v) is 5.31. The van der Waals surface area contributed by atoms with Gasteiger partial charge in [0.1, 0.15) is 30.4 Å². The lowest BCUT2D eigenvalue weighted by Gasteiger charge is -2.25. The van der Waals surface area contributed by atoms with E-state index in [1.807, 2.05) is 43.3 Å². The van der Waals surface area contributed by atoms with Gasteiger partial charge in [-0.05, 0) is 66.6 Å². The van der Waals surface area contributed by atoms with E-state index in [2.05, 4.69) is 10.5 Å². The first-order valence-corrected chi connectivity index (χ1v) is 14.1. The number of aryl methyl sites for hydroxylation is 1. The van der Waals surface area contributed by atoms with Gasteiger partial charge in [0.15, 0.2) is 0 Å². The van der Waals surface area contributed by atoms with Gasteiger partial charge in [-0.2, -0.15) is 5.10 Å². The molecule has 0 aliphatic rings. The molecule has 0 atom stereocenters. The van der Waals surface area contributed by atoms with Crippen LogP contribution in [0.2, 0.25) is 0 Å². The predicted octanol–water partition coefficient (Wildman–Crippen LogP) is 4.94. The highest BCUT2D eigenvalue weighted by molar-refractivity contribution is 7.92. The molecule has 4 rings (SSSR count). The summed E-state index contributed by atoms with van der Waals surface area (Å²) in [4.78, 5) is 12.9. The van der Waals surface area contributed by atoms with E-state index >= 15 is 0 Å². The zero-order valence-corrected chi connectivity index (χ0v) is 23.8. The van der Waals surface area contributed by atoms with Crippen LogP contribution in [0, 0.1) is 6.92 Å². The number of carbonyl (C=O) groups is 1. The van der Waals surface area contributed by atoms with E-state index in [9.17, 15) is 13.2 Å². The van der Waals surface area contributed by atoms with Crippen LogP contribution < -0.4 is 23.9 Å². The molecule has 10 heteroatoms. The van der Waals surface area contributed by atoms with Gasteiger partial charge in [0.05, 0.1) is 31.0 Å². The van der Waals surface area contributed by atoms with Gasteiger partial charge in [-0.25, -0.2) is 13.8 Å². The lowest BCUT2D eigenvalue weighted by molar-refractivity contribution is -0.119. The number of ether oxygens (including phenoxy) is 3. The van der Waals surface area contributed by atoms with Crippen molar-refractivity contribution in [2.24, 2.45) is 5.10 Å². The first kappa shape index (κ1) is 29.2. The Morgan fingerprint density at radius 2 is 1.56 bits per heavy atom. The molecule has 4 aromatic rings. The second kappa shape index (κ2) is 13.5. The summed E-state index contributed by atoms with van der Waals surface area (Å²) in [5.74, 6) is 0.756. The Hall–Kier alpha value is -4.83. The van der Waals surface area contributed by atoms with Crippen LogP contribution in [0.1, 0.15) is 16.7 Å². The van der Waals surface area contributed by atoms with Gasteiger partial charge in [0, 0.05) is 6.07 Å². The molecule has 0 fully saturated rings. The van der Waals surface area contributed by atoms with E-state index in [1.165, 1.54) is 44.2 Å². The monoisotopic (exact) mass is 573 g/mol. The highest BCUT2D eigenvalue weighted by atomic mass is 32.2. The molecule has 0 bridgehead atoms.